The number of hydrogen-bond donors (Lipinski definition) is 0. The summed E-state index contributed by atoms with van der Waals surface area (Å²) in [5, 5.41) is 0. The van der Waals surface area contributed by atoms with Crippen LogP contribution < -0.4 is 9.47 Å². The van der Waals surface area contributed by atoms with E-state index in [0.717, 1.165) is 49.0 Å². The predicted molar refractivity (Wildman–Crippen MR) is 124 cm³/mol. The summed E-state index contributed by atoms with van der Waals surface area (Å²) in [6.07, 6.45) is 4.46. The normalized spacial score (nSPS) is 10.3. The minimum Gasteiger partial charge on any atom is -0.497 e. The molecule has 0 heterocycles. The molecule has 0 aliphatic rings. The molecule has 0 unspecified atom stereocenters. The lowest BCUT2D eigenvalue weighted by Crippen LogP contribution is -2.08. The molecule has 172 valence electrons. The summed E-state index contributed by atoms with van der Waals surface area (Å²) < 4.78 is 21.1. The van der Waals surface area contributed by atoms with Gasteiger partial charge in [-0.2, -0.15) is 0 Å². The summed E-state index contributed by atoms with van der Waals surface area (Å²) in [6.45, 7) is 5.94. The van der Waals surface area contributed by atoms with E-state index >= 15 is 0 Å². The van der Waals surface area contributed by atoms with Gasteiger partial charge in [-0.25, -0.2) is 9.59 Å². The largest absolute Gasteiger partial charge is 0.497 e. The van der Waals surface area contributed by atoms with Crippen molar-refractivity contribution in [3.05, 3.63) is 60.2 Å². The third-order valence-electron chi connectivity index (χ3n) is 4.95. The highest BCUT2D eigenvalue weighted by Gasteiger charge is 2.15. The van der Waals surface area contributed by atoms with Crippen LogP contribution in [0.3, 0.4) is 0 Å². The van der Waals surface area contributed by atoms with Crippen molar-refractivity contribution in [1.82, 2.24) is 0 Å². The lowest BCUT2D eigenvalue weighted by atomic mass is 10.0. The maximum atomic E-state index is 12.6. The highest BCUT2D eigenvalue weighted by molar-refractivity contribution is 5.94. The van der Waals surface area contributed by atoms with E-state index in [1.807, 2.05) is 30.3 Å². The summed E-state index contributed by atoms with van der Waals surface area (Å²) in [4.78, 5) is 23.9. The van der Waals surface area contributed by atoms with E-state index in [1.165, 1.54) is 7.11 Å². The van der Waals surface area contributed by atoms with Gasteiger partial charge in [-0.1, -0.05) is 44.0 Å². The van der Waals surface area contributed by atoms with Gasteiger partial charge in [0.2, 0.25) is 0 Å². The second-order valence-electron chi connectivity index (χ2n) is 7.46. The number of benzene rings is 2. The summed E-state index contributed by atoms with van der Waals surface area (Å²) in [6, 6.07) is 13.1. The van der Waals surface area contributed by atoms with Crippen LogP contribution in [0.4, 0.5) is 0 Å². The van der Waals surface area contributed by atoms with Gasteiger partial charge in [0, 0.05) is 5.57 Å². The van der Waals surface area contributed by atoms with Gasteiger partial charge in [0.1, 0.15) is 17.1 Å². The Labute approximate surface area is 190 Å². The monoisotopic (exact) mass is 440 g/mol. The second-order valence-corrected chi connectivity index (χ2v) is 7.46. The van der Waals surface area contributed by atoms with E-state index in [0.29, 0.717) is 30.1 Å². The molecule has 0 aliphatic carbocycles. The molecule has 0 N–H and O–H groups in total. The number of hydrogen-bond acceptors (Lipinski definition) is 6. The van der Waals surface area contributed by atoms with E-state index in [2.05, 4.69) is 6.58 Å². The minimum atomic E-state index is -0.399. The van der Waals surface area contributed by atoms with Crippen molar-refractivity contribution in [2.24, 2.45) is 0 Å². The van der Waals surface area contributed by atoms with Gasteiger partial charge in [0.25, 0.3) is 0 Å². The molecule has 2 aromatic rings. The Kier molecular flexibility index (Phi) is 10.3. The molecule has 0 radical (unpaired) electrons. The number of carbonyl (C=O) groups excluding carboxylic acids is 2. The van der Waals surface area contributed by atoms with Gasteiger partial charge < -0.3 is 18.9 Å². The van der Waals surface area contributed by atoms with E-state index in [-0.39, 0.29) is 5.97 Å². The maximum Gasteiger partial charge on any atom is 0.341 e. The van der Waals surface area contributed by atoms with Crippen LogP contribution in [0.15, 0.2) is 54.6 Å². The zero-order chi connectivity index (χ0) is 23.3. The van der Waals surface area contributed by atoms with E-state index < -0.39 is 5.97 Å². The molecule has 32 heavy (non-hydrogen) atoms. The smallest absolute Gasteiger partial charge is 0.341 e. The average molecular weight is 441 g/mol. The van der Waals surface area contributed by atoms with Crippen LogP contribution >= 0.6 is 0 Å². The number of esters is 2. The van der Waals surface area contributed by atoms with Crippen LogP contribution in [0.25, 0.3) is 11.1 Å². The predicted octanol–water partition coefficient (Wildman–Crippen LogP) is 5.60. The molecule has 6 nitrogen and oxygen atoms in total. The second kappa shape index (κ2) is 13.2. The number of methoxy groups -OCH3 is 2. The Morgan fingerprint density at radius 2 is 1.38 bits per heavy atom. The van der Waals surface area contributed by atoms with Crippen molar-refractivity contribution >= 4 is 11.9 Å². The number of unbranched alkanes of at least 4 members (excludes halogenated alkanes) is 4. The number of ether oxygens (including phenoxy) is 4. The molecule has 0 aromatic heterocycles. The van der Waals surface area contributed by atoms with Crippen molar-refractivity contribution in [3.8, 4) is 22.6 Å². The highest BCUT2D eigenvalue weighted by atomic mass is 16.5. The molecule has 2 rings (SSSR count). The van der Waals surface area contributed by atoms with Crippen LogP contribution in [0.1, 0.15) is 49.4 Å². The van der Waals surface area contributed by atoms with Crippen LogP contribution in [0.5, 0.6) is 11.5 Å². The lowest BCUT2D eigenvalue weighted by molar-refractivity contribution is -0.139. The Balaban J connectivity index is 1.78. The molecule has 0 atom stereocenters. The maximum absolute atomic E-state index is 12.6. The van der Waals surface area contributed by atoms with Crippen LogP contribution in [-0.4, -0.2) is 39.4 Å². The molecule has 0 saturated carbocycles. The standard InChI is InChI=1S/C26H32O6/c1-19(2)25(27)31-16-8-6-5-7-9-17-32-26(28)23-18-21(12-15-24(23)30-4)20-10-13-22(29-3)14-11-20/h10-15,18H,1,5-9,16-17H2,2-4H3. The van der Waals surface area contributed by atoms with Crippen molar-refractivity contribution < 1.29 is 28.5 Å². The molecular weight excluding hydrogens is 408 g/mol. The van der Waals surface area contributed by atoms with Crippen LogP contribution in [-0.2, 0) is 14.3 Å². The quantitative estimate of drug-likeness (QED) is 0.229. The molecule has 0 bridgehead atoms. The van der Waals surface area contributed by atoms with Gasteiger partial charge in [0.05, 0.1) is 27.4 Å². The third kappa shape index (κ3) is 7.76. The van der Waals surface area contributed by atoms with Crippen LogP contribution in [0.2, 0.25) is 0 Å². The third-order valence-corrected chi connectivity index (χ3v) is 4.95. The minimum absolute atomic E-state index is 0.344. The molecular formula is C26H32O6. The van der Waals surface area contributed by atoms with Crippen molar-refractivity contribution in [2.45, 2.75) is 39.0 Å². The fraction of sp³-hybridized carbons (Fsp3) is 0.385. The first kappa shape index (κ1) is 25.0. The zero-order valence-corrected chi connectivity index (χ0v) is 19.1. The first-order valence-corrected chi connectivity index (χ1v) is 10.8. The Morgan fingerprint density at radius 3 is 1.97 bits per heavy atom. The highest BCUT2D eigenvalue weighted by Crippen LogP contribution is 2.28. The first-order chi connectivity index (χ1) is 15.5. The van der Waals surface area contributed by atoms with E-state index in [9.17, 15) is 9.59 Å². The summed E-state index contributed by atoms with van der Waals surface area (Å²) in [7, 11) is 3.16. The molecule has 0 saturated heterocycles. The lowest BCUT2D eigenvalue weighted by Gasteiger charge is -2.11. The van der Waals surface area contributed by atoms with Gasteiger partial charge >= 0.3 is 11.9 Å². The fourth-order valence-electron chi connectivity index (χ4n) is 3.10. The van der Waals surface area contributed by atoms with E-state index in [4.69, 9.17) is 18.9 Å². The van der Waals surface area contributed by atoms with Gasteiger partial charge in [-0.15, -0.1) is 0 Å². The fourth-order valence-corrected chi connectivity index (χ4v) is 3.10. The molecule has 6 heteroatoms. The molecule has 2 aromatic carbocycles. The Morgan fingerprint density at radius 1 is 0.781 bits per heavy atom. The van der Waals surface area contributed by atoms with Gasteiger partial charge in [-0.3, -0.25) is 0 Å². The molecule has 0 aliphatic heterocycles. The average Bonchev–Trinajstić information content (AvgIpc) is 2.82. The number of carbonyl (C=O) groups is 2. The first-order valence-electron chi connectivity index (χ1n) is 10.8. The van der Waals surface area contributed by atoms with Crippen molar-refractivity contribution in [1.29, 1.82) is 0 Å². The van der Waals surface area contributed by atoms with Gasteiger partial charge in [-0.05, 0) is 55.2 Å². The van der Waals surface area contributed by atoms with Crippen LogP contribution in [0, 0.1) is 0 Å². The van der Waals surface area contributed by atoms with E-state index in [1.54, 1.807) is 26.2 Å². The summed E-state index contributed by atoms with van der Waals surface area (Å²) in [5.74, 6) is 0.513. The van der Waals surface area contributed by atoms with Crippen molar-refractivity contribution in [2.75, 3.05) is 27.4 Å². The molecule has 0 spiro atoms. The Hall–Kier alpha value is -3.28. The Bertz CT molecular complexity index is 901. The zero-order valence-electron chi connectivity index (χ0n) is 19.1. The van der Waals surface area contributed by atoms with Crippen molar-refractivity contribution in [3.63, 3.8) is 0 Å². The SMILES string of the molecule is C=C(C)C(=O)OCCCCCCCOC(=O)c1cc(-c2ccc(OC)cc2)ccc1OC. The summed E-state index contributed by atoms with van der Waals surface area (Å²) in [5.41, 5.74) is 2.68. The molecule has 0 amide bonds. The molecule has 0 fully saturated rings. The topological polar surface area (TPSA) is 71.1 Å². The number of rotatable bonds is 13. The summed E-state index contributed by atoms with van der Waals surface area (Å²) >= 11 is 0. The van der Waals surface area contributed by atoms with Gasteiger partial charge in [0.15, 0.2) is 0 Å².